The molecule has 36 heavy (non-hydrogen) atoms. The molecule has 2 aromatic carbocycles. The maximum Gasteiger partial charge on any atom is 0.281 e. The zero-order valence-electron chi connectivity index (χ0n) is 19.6. The Labute approximate surface area is 213 Å². The highest BCUT2D eigenvalue weighted by Gasteiger charge is 2.32. The Morgan fingerprint density at radius 3 is 2.69 bits per heavy atom. The largest absolute Gasteiger partial charge is 0.494 e. The average Bonchev–Trinajstić information content (AvgIpc) is 3.58. The number of rotatable bonds is 8. The van der Waals surface area contributed by atoms with Gasteiger partial charge < -0.3 is 24.4 Å². The Morgan fingerprint density at radius 1 is 1.14 bits per heavy atom. The highest BCUT2D eigenvalue weighted by molar-refractivity contribution is 7.80. The standard InChI is InChI=1S/C27H24N4O4S/c1-2-34-20-11-9-19(10-12-20)31-26(33)23(29-27(31)36)14-18-16-30(24-8-4-3-7-22(18)24)17-25(32)28-15-21-6-5-13-35-21/h3-14,16H,2,15,17H2,1H3,(H,28,32)(H,29,36)/b23-14-. The summed E-state index contributed by atoms with van der Waals surface area (Å²) < 4.78 is 12.6. The van der Waals surface area contributed by atoms with Crippen molar-refractivity contribution in [2.45, 2.75) is 20.0 Å². The van der Waals surface area contributed by atoms with E-state index in [0.29, 0.717) is 35.4 Å². The van der Waals surface area contributed by atoms with Crippen LogP contribution in [0.3, 0.4) is 0 Å². The third kappa shape index (κ3) is 4.73. The summed E-state index contributed by atoms with van der Waals surface area (Å²) in [5, 5.41) is 7.11. The number of furan rings is 1. The fourth-order valence-electron chi connectivity index (χ4n) is 4.11. The summed E-state index contributed by atoms with van der Waals surface area (Å²) in [5.41, 5.74) is 2.70. The number of carbonyl (C=O) groups is 2. The predicted molar refractivity (Wildman–Crippen MR) is 141 cm³/mol. The Bertz CT molecular complexity index is 1450. The number of carbonyl (C=O) groups excluding carboxylic acids is 2. The molecule has 182 valence electrons. The summed E-state index contributed by atoms with van der Waals surface area (Å²) in [6.45, 7) is 2.92. The lowest BCUT2D eigenvalue weighted by molar-refractivity contribution is -0.121. The average molecular weight is 501 g/mol. The lowest BCUT2D eigenvalue weighted by Crippen LogP contribution is -2.30. The van der Waals surface area contributed by atoms with E-state index in [-0.39, 0.29) is 18.4 Å². The number of hydrogen-bond donors (Lipinski definition) is 2. The van der Waals surface area contributed by atoms with Gasteiger partial charge in [0.15, 0.2) is 5.11 Å². The summed E-state index contributed by atoms with van der Waals surface area (Å²) >= 11 is 5.45. The maximum absolute atomic E-state index is 13.2. The van der Waals surface area contributed by atoms with Crippen LogP contribution < -0.4 is 20.3 Å². The van der Waals surface area contributed by atoms with Gasteiger partial charge >= 0.3 is 0 Å². The van der Waals surface area contributed by atoms with Gasteiger partial charge in [-0.2, -0.15) is 0 Å². The lowest BCUT2D eigenvalue weighted by atomic mass is 10.1. The number of para-hydroxylation sites is 1. The summed E-state index contributed by atoms with van der Waals surface area (Å²) in [4.78, 5) is 27.3. The van der Waals surface area contributed by atoms with Crippen molar-refractivity contribution in [2.75, 3.05) is 11.5 Å². The van der Waals surface area contributed by atoms with Crippen molar-refractivity contribution in [1.29, 1.82) is 0 Å². The molecule has 9 heteroatoms. The molecule has 2 amide bonds. The second-order valence-corrected chi connectivity index (χ2v) is 8.53. The first-order valence-corrected chi connectivity index (χ1v) is 11.9. The zero-order chi connectivity index (χ0) is 25.1. The molecule has 4 aromatic rings. The van der Waals surface area contributed by atoms with Gasteiger partial charge in [0.05, 0.1) is 25.1 Å². The molecule has 8 nitrogen and oxygen atoms in total. The zero-order valence-corrected chi connectivity index (χ0v) is 20.4. The van der Waals surface area contributed by atoms with Gasteiger partial charge in [0.1, 0.15) is 23.8 Å². The number of aromatic nitrogens is 1. The van der Waals surface area contributed by atoms with Gasteiger partial charge in [-0.1, -0.05) is 18.2 Å². The van der Waals surface area contributed by atoms with Crippen LogP contribution in [0.4, 0.5) is 5.69 Å². The summed E-state index contributed by atoms with van der Waals surface area (Å²) in [7, 11) is 0. The van der Waals surface area contributed by atoms with Crippen molar-refractivity contribution in [3.05, 3.63) is 90.1 Å². The van der Waals surface area contributed by atoms with Gasteiger partial charge in [0.2, 0.25) is 5.91 Å². The van der Waals surface area contributed by atoms with Crippen LogP contribution in [0.5, 0.6) is 5.75 Å². The third-order valence-corrected chi connectivity index (χ3v) is 6.04. The first-order valence-electron chi connectivity index (χ1n) is 11.5. The Hall–Kier alpha value is -4.37. The summed E-state index contributed by atoms with van der Waals surface area (Å²) in [6, 6.07) is 18.5. The van der Waals surface area contributed by atoms with Crippen LogP contribution in [-0.4, -0.2) is 28.1 Å². The molecule has 0 spiro atoms. The molecule has 1 aliphatic rings. The number of nitrogens with zero attached hydrogens (tertiary/aromatic N) is 2. The van der Waals surface area contributed by atoms with Crippen LogP contribution >= 0.6 is 12.2 Å². The number of fused-ring (bicyclic) bond motifs is 1. The maximum atomic E-state index is 13.2. The van der Waals surface area contributed by atoms with E-state index in [1.165, 1.54) is 4.90 Å². The van der Waals surface area contributed by atoms with Crippen molar-refractivity contribution < 1.29 is 18.7 Å². The molecule has 0 radical (unpaired) electrons. The van der Waals surface area contributed by atoms with Gasteiger partial charge in [-0.05, 0) is 67.7 Å². The molecule has 0 aliphatic carbocycles. The monoisotopic (exact) mass is 500 g/mol. The van der Waals surface area contributed by atoms with Crippen LogP contribution in [0.2, 0.25) is 0 Å². The Balaban J connectivity index is 1.38. The van der Waals surface area contributed by atoms with Crippen LogP contribution in [0.25, 0.3) is 17.0 Å². The van der Waals surface area contributed by atoms with Crippen LogP contribution in [0, 0.1) is 0 Å². The van der Waals surface area contributed by atoms with Gasteiger partial charge in [0.25, 0.3) is 5.91 Å². The van der Waals surface area contributed by atoms with E-state index in [9.17, 15) is 9.59 Å². The molecule has 2 aromatic heterocycles. The van der Waals surface area contributed by atoms with Crippen LogP contribution in [0.15, 0.2) is 83.2 Å². The molecule has 1 aliphatic heterocycles. The first-order chi connectivity index (χ1) is 17.5. The fourth-order valence-corrected chi connectivity index (χ4v) is 4.41. The SMILES string of the molecule is CCOc1ccc(N2C(=O)/C(=C/c3cn(CC(=O)NCc4ccco4)c4ccccc34)NC2=S)cc1. The molecule has 0 unspecified atom stereocenters. The fraction of sp³-hybridized carbons (Fsp3) is 0.148. The molecule has 1 fully saturated rings. The van der Waals surface area contributed by atoms with Gasteiger partial charge in [-0.15, -0.1) is 0 Å². The van der Waals surface area contributed by atoms with E-state index < -0.39 is 0 Å². The molecule has 5 rings (SSSR count). The van der Waals surface area contributed by atoms with Crippen molar-refractivity contribution in [2.24, 2.45) is 0 Å². The van der Waals surface area contributed by atoms with E-state index >= 15 is 0 Å². The third-order valence-electron chi connectivity index (χ3n) is 5.76. The smallest absolute Gasteiger partial charge is 0.281 e. The van der Waals surface area contributed by atoms with E-state index in [1.54, 1.807) is 42.7 Å². The van der Waals surface area contributed by atoms with E-state index in [4.69, 9.17) is 21.4 Å². The molecule has 0 bridgehead atoms. The molecule has 1 saturated heterocycles. The summed E-state index contributed by atoms with van der Waals surface area (Å²) in [6.07, 6.45) is 5.20. The number of ether oxygens (including phenoxy) is 1. The second-order valence-electron chi connectivity index (χ2n) is 8.14. The van der Waals surface area contributed by atoms with E-state index in [2.05, 4.69) is 10.6 Å². The Morgan fingerprint density at radius 2 is 1.94 bits per heavy atom. The van der Waals surface area contributed by atoms with E-state index in [0.717, 1.165) is 22.2 Å². The highest BCUT2D eigenvalue weighted by atomic mass is 32.1. The molecule has 3 heterocycles. The second kappa shape index (κ2) is 10.1. The predicted octanol–water partition coefficient (Wildman–Crippen LogP) is 4.21. The minimum Gasteiger partial charge on any atom is -0.494 e. The van der Waals surface area contributed by atoms with Crippen molar-refractivity contribution in [1.82, 2.24) is 15.2 Å². The first kappa shape index (κ1) is 23.4. The minimum atomic E-state index is -0.253. The Kier molecular flexibility index (Phi) is 6.55. The van der Waals surface area contributed by atoms with Gasteiger partial charge in [-0.3, -0.25) is 14.5 Å². The van der Waals surface area contributed by atoms with Crippen molar-refractivity contribution >= 4 is 51.8 Å². The van der Waals surface area contributed by atoms with Gasteiger partial charge in [0, 0.05) is 22.7 Å². The number of anilines is 1. The molecule has 0 saturated carbocycles. The van der Waals surface area contributed by atoms with Crippen LogP contribution in [-0.2, 0) is 22.7 Å². The van der Waals surface area contributed by atoms with Crippen molar-refractivity contribution in [3.8, 4) is 5.75 Å². The lowest BCUT2D eigenvalue weighted by Gasteiger charge is -2.14. The topological polar surface area (TPSA) is 88.7 Å². The number of benzene rings is 2. The highest BCUT2D eigenvalue weighted by Crippen LogP contribution is 2.28. The number of amides is 2. The van der Waals surface area contributed by atoms with Gasteiger partial charge in [-0.25, -0.2) is 0 Å². The van der Waals surface area contributed by atoms with Crippen LogP contribution in [0.1, 0.15) is 18.2 Å². The molecular formula is C27H24N4O4S. The normalized spacial score (nSPS) is 14.5. The van der Waals surface area contributed by atoms with E-state index in [1.807, 2.05) is 48.0 Å². The minimum absolute atomic E-state index is 0.127. The molecule has 0 atom stereocenters. The summed E-state index contributed by atoms with van der Waals surface area (Å²) in [5.74, 6) is 1.01. The number of hydrogen-bond acceptors (Lipinski definition) is 5. The molecular weight excluding hydrogens is 476 g/mol. The molecule has 2 N–H and O–H groups in total. The van der Waals surface area contributed by atoms with Crippen molar-refractivity contribution in [3.63, 3.8) is 0 Å². The number of nitrogens with one attached hydrogen (secondary N) is 2. The number of thiocarbonyl (C=S) groups is 1. The quantitative estimate of drug-likeness (QED) is 0.278.